The molecule has 38 heavy (non-hydrogen) atoms. The van der Waals surface area contributed by atoms with Crippen molar-refractivity contribution >= 4 is 21.6 Å². The second-order valence-corrected chi connectivity index (χ2v) is 10.7. The highest BCUT2D eigenvalue weighted by Gasteiger charge is 2.38. The lowest BCUT2D eigenvalue weighted by molar-refractivity contribution is -0.156. The summed E-state index contributed by atoms with van der Waals surface area (Å²) in [5.74, 6) is -3.37. The smallest absolute Gasteiger partial charge is 0.461 e. The molecule has 1 atom stereocenters. The van der Waals surface area contributed by atoms with Crippen LogP contribution < -0.4 is 9.64 Å². The molecular formula is C23H21F5N4O5S. The van der Waals surface area contributed by atoms with Crippen molar-refractivity contribution in [2.24, 2.45) is 0 Å². The Morgan fingerprint density at radius 3 is 2.47 bits per heavy atom. The van der Waals surface area contributed by atoms with E-state index in [9.17, 15) is 30.8 Å². The first-order valence-electron chi connectivity index (χ1n) is 11.2. The Labute approximate surface area is 213 Å². The molecule has 1 aromatic heterocycles. The van der Waals surface area contributed by atoms with Crippen LogP contribution in [0.15, 0.2) is 46.9 Å². The van der Waals surface area contributed by atoms with Crippen LogP contribution >= 0.6 is 0 Å². The summed E-state index contributed by atoms with van der Waals surface area (Å²) >= 11 is 0. The Morgan fingerprint density at radius 1 is 1.16 bits per heavy atom. The molecule has 4 rings (SSSR count). The van der Waals surface area contributed by atoms with Crippen molar-refractivity contribution in [3.05, 3.63) is 59.7 Å². The van der Waals surface area contributed by atoms with Gasteiger partial charge in [0.15, 0.2) is 9.84 Å². The fraction of sp³-hybridized carbons (Fsp3) is 0.348. The van der Waals surface area contributed by atoms with E-state index in [0.29, 0.717) is 0 Å². The molecule has 0 aliphatic carbocycles. The molecule has 1 aliphatic rings. The molecule has 0 radical (unpaired) electrons. The van der Waals surface area contributed by atoms with Gasteiger partial charge in [-0.25, -0.2) is 22.0 Å². The third-order valence-electron chi connectivity index (χ3n) is 5.57. The Kier molecular flexibility index (Phi) is 7.58. The van der Waals surface area contributed by atoms with Gasteiger partial charge in [0.25, 0.3) is 0 Å². The normalized spacial score (nSPS) is 16.2. The Bertz CT molecular complexity index is 1410. The Morgan fingerprint density at radius 2 is 1.87 bits per heavy atom. The number of hydrogen-bond donors (Lipinski definition) is 0. The van der Waals surface area contributed by atoms with E-state index in [0.717, 1.165) is 6.07 Å². The number of nitrogens with zero attached hydrogens (tertiary/aromatic N) is 4. The molecule has 1 aliphatic heterocycles. The number of urea groups is 1. The Hall–Kier alpha value is -3.75. The zero-order chi connectivity index (χ0) is 27.7. The average Bonchev–Trinajstić information content (AvgIpc) is 3.34. The molecule has 2 heterocycles. The first kappa shape index (κ1) is 27.3. The van der Waals surface area contributed by atoms with Gasteiger partial charge in [-0.3, -0.25) is 4.90 Å². The molecule has 0 bridgehead atoms. The minimum absolute atomic E-state index is 0.0209. The van der Waals surface area contributed by atoms with Crippen LogP contribution in [-0.2, 0) is 22.6 Å². The summed E-state index contributed by atoms with van der Waals surface area (Å²) in [5, 5.41) is 6.21. The van der Waals surface area contributed by atoms with Crippen LogP contribution in [0.3, 0.4) is 0 Å². The lowest BCUT2D eigenvalue weighted by Crippen LogP contribution is -2.49. The van der Waals surface area contributed by atoms with Crippen LogP contribution in [0.25, 0.3) is 11.5 Å². The number of ether oxygens (including phenoxy) is 1. The van der Waals surface area contributed by atoms with E-state index < -0.39 is 46.0 Å². The number of aromatic nitrogens is 2. The third kappa shape index (κ3) is 6.38. The largest absolute Gasteiger partial charge is 0.470 e. The minimum atomic E-state index is -4.86. The molecule has 0 N–H and O–H groups in total. The van der Waals surface area contributed by atoms with Gasteiger partial charge in [-0.15, -0.1) is 10.2 Å². The van der Waals surface area contributed by atoms with Gasteiger partial charge in [0.1, 0.15) is 11.6 Å². The van der Waals surface area contributed by atoms with Crippen LogP contribution in [0.2, 0.25) is 0 Å². The number of alkyl halides is 4. The fourth-order valence-corrected chi connectivity index (χ4v) is 4.89. The number of halogens is 5. The van der Waals surface area contributed by atoms with E-state index in [1.807, 2.05) is 0 Å². The maximum Gasteiger partial charge on any atom is 0.470 e. The molecule has 3 aromatic rings. The fourth-order valence-electron chi connectivity index (χ4n) is 3.69. The van der Waals surface area contributed by atoms with Crippen LogP contribution in [0.4, 0.5) is 32.4 Å². The first-order chi connectivity index (χ1) is 17.8. The van der Waals surface area contributed by atoms with Crippen LogP contribution in [0.1, 0.15) is 18.4 Å². The maximum atomic E-state index is 15.1. The zero-order valence-electron chi connectivity index (χ0n) is 19.8. The maximum absolute atomic E-state index is 15.1. The van der Waals surface area contributed by atoms with Gasteiger partial charge in [-0.05, 0) is 24.3 Å². The van der Waals surface area contributed by atoms with E-state index in [1.165, 1.54) is 53.1 Å². The number of carbonyl (C=O) groups is 1. The lowest BCUT2D eigenvalue weighted by Gasteiger charge is -2.33. The van der Waals surface area contributed by atoms with Crippen molar-refractivity contribution in [3.63, 3.8) is 0 Å². The number of rotatable bonds is 6. The second-order valence-electron chi connectivity index (χ2n) is 8.38. The number of benzene rings is 2. The van der Waals surface area contributed by atoms with Crippen molar-refractivity contribution in [2.45, 2.75) is 26.0 Å². The summed E-state index contributed by atoms with van der Waals surface area (Å²) in [6, 6.07) is 8.62. The van der Waals surface area contributed by atoms with E-state index in [1.54, 1.807) is 0 Å². The summed E-state index contributed by atoms with van der Waals surface area (Å²) in [5.41, 5.74) is 0.0879. The first-order valence-corrected chi connectivity index (χ1v) is 13.0. The van der Waals surface area contributed by atoms with Gasteiger partial charge in [0.05, 0.1) is 18.1 Å². The molecule has 1 saturated heterocycles. The van der Waals surface area contributed by atoms with Crippen LogP contribution in [0, 0.1) is 5.82 Å². The zero-order valence-corrected chi connectivity index (χ0v) is 20.6. The molecule has 1 unspecified atom stereocenters. The van der Waals surface area contributed by atoms with Gasteiger partial charge < -0.3 is 14.1 Å². The molecule has 15 heteroatoms. The number of hydrogen-bond acceptors (Lipinski definition) is 7. The summed E-state index contributed by atoms with van der Waals surface area (Å²) < 4.78 is 100. The van der Waals surface area contributed by atoms with Crippen molar-refractivity contribution < 1.29 is 44.3 Å². The second kappa shape index (κ2) is 10.6. The summed E-state index contributed by atoms with van der Waals surface area (Å²) in [4.78, 5) is 15.9. The van der Waals surface area contributed by atoms with E-state index >= 15 is 4.39 Å². The molecule has 0 spiro atoms. The van der Waals surface area contributed by atoms with Gasteiger partial charge in [0, 0.05) is 42.9 Å². The molecule has 2 aromatic carbocycles. The van der Waals surface area contributed by atoms with Gasteiger partial charge in [-0.2, -0.15) is 13.2 Å². The topological polar surface area (TPSA) is 106 Å². The third-order valence-corrected chi connectivity index (χ3v) is 7.18. The number of sulfone groups is 1. The summed E-state index contributed by atoms with van der Waals surface area (Å²) in [6.07, 6.45) is -6.51. The standard InChI is InChI=1S/C23H21F5N4O5S/c1-14(24)36-18-4-2-3-17(12-18)32(22(33)31-7-9-38(34,35)10-8-31)13-16-6-5-15(11-19(16)25)20-29-30-21(37-20)23(26,27)28/h2-6,11-12,14H,7-10,13H2,1H3. The molecule has 9 nitrogen and oxygen atoms in total. The number of amides is 2. The highest BCUT2D eigenvalue weighted by Crippen LogP contribution is 2.31. The molecular weight excluding hydrogens is 539 g/mol. The SMILES string of the molecule is CC(F)Oc1cccc(N(Cc2ccc(-c3nnc(C(F)(F)F)o3)cc2F)C(=O)N2CCS(=O)(=O)CC2)c1. The predicted octanol–water partition coefficient (Wildman–Crippen LogP) is 4.45. The van der Waals surface area contributed by atoms with Crippen molar-refractivity contribution in [1.82, 2.24) is 15.1 Å². The van der Waals surface area contributed by atoms with E-state index in [-0.39, 0.29) is 53.7 Å². The average molecular weight is 561 g/mol. The highest BCUT2D eigenvalue weighted by atomic mass is 32.2. The van der Waals surface area contributed by atoms with Crippen molar-refractivity contribution in [1.29, 1.82) is 0 Å². The summed E-state index contributed by atoms with van der Waals surface area (Å²) in [6.45, 7) is 0.674. The number of anilines is 1. The predicted molar refractivity (Wildman–Crippen MR) is 124 cm³/mol. The number of carbonyl (C=O) groups excluding carboxylic acids is 1. The van der Waals surface area contributed by atoms with Crippen molar-refractivity contribution in [2.75, 3.05) is 29.5 Å². The van der Waals surface area contributed by atoms with Gasteiger partial charge in [0.2, 0.25) is 12.2 Å². The lowest BCUT2D eigenvalue weighted by atomic mass is 10.1. The van der Waals surface area contributed by atoms with Gasteiger partial charge >= 0.3 is 18.1 Å². The van der Waals surface area contributed by atoms with Gasteiger partial charge in [-0.1, -0.05) is 12.1 Å². The quantitative estimate of drug-likeness (QED) is 0.411. The van der Waals surface area contributed by atoms with E-state index in [2.05, 4.69) is 14.6 Å². The molecule has 2 amide bonds. The molecule has 204 valence electrons. The Balaban J connectivity index is 1.64. The van der Waals surface area contributed by atoms with Crippen molar-refractivity contribution in [3.8, 4) is 17.2 Å². The monoisotopic (exact) mass is 560 g/mol. The molecule has 0 saturated carbocycles. The molecule has 1 fully saturated rings. The van der Waals surface area contributed by atoms with Crippen LogP contribution in [-0.4, -0.2) is 60.5 Å². The van der Waals surface area contributed by atoms with E-state index in [4.69, 9.17) is 4.74 Å². The van der Waals surface area contributed by atoms with Crippen LogP contribution in [0.5, 0.6) is 5.75 Å². The summed E-state index contributed by atoms with van der Waals surface area (Å²) in [7, 11) is -3.29. The highest BCUT2D eigenvalue weighted by molar-refractivity contribution is 7.91. The minimum Gasteiger partial charge on any atom is -0.461 e.